The predicted octanol–water partition coefficient (Wildman–Crippen LogP) is 4.57. The molecule has 0 aliphatic heterocycles. The number of ether oxygens (including phenoxy) is 2. The number of carbonyl (C=O) groups excluding carboxylic acids is 1. The average Bonchev–Trinajstić information content (AvgIpc) is 2.54. The number of nitrogens with zero attached hydrogens (tertiary/aromatic N) is 1. The third kappa shape index (κ3) is 10.5. The molecule has 0 amide bonds. The van der Waals surface area contributed by atoms with E-state index in [0.717, 1.165) is 25.3 Å². The minimum Gasteiger partial charge on any atom is -0.494 e. The van der Waals surface area contributed by atoms with Crippen molar-refractivity contribution >= 4 is 18.4 Å². The fourth-order valence-corrected chi connectivity index (χ4v) is 2.16. The van der Waals surface area contributed by atoms with Gasteiger partial charge in [0.2, 0.25) is 0 Å². The van der Waals surface area contributed by atoms with Gasteiger partial charge in [-0.3, -0.25) is 0 Å². The summed E-state index contributed by atoms with van der Waals surface area (Å²) in [6.07, 6.45) is 7.51. The van der Waals surface area contributed by atoms with Crippen molar-refractivity contribution in [2.45, 2.75) is 45.4 Å². The Morgan fingerprint density at radius 2 is 1.58 bits per heavy atom. The van der Waals surface area contributed by atoms with Gasteiger partial charge in [0.15, 0.2) is 0 Å². The van der Waals surface area contributed by atoms with Gasteiger partial charge in [0.05, 0.1) is 12.2 Å². The quantitative estimate of drug-likeness (QED) is 0.406. The fourth-order valence-electron chi connectivity index (χ4n) is 2.16. The van der Waals surface area contributed by atoms with Gasteiger partial charge in [-0.15, -0.1) is 12.4 Å². The lowest BCUT2D eigenvalue weighted by atomic mass is 10.1. The number of hydrogen-bond donors (Lipinski definition) is 0. The van der Waals surface area contributed by atoms with Crippen LogP contribution in [0.15, 0.2) is 24.3 Å². The summed E-state index contributed by atoms with van der Waals surface area (Å²) in [6, 6.07) is 7.18. The van der Waals surface area contributed by atoms with Crippen LogP contribution in [0, 0.1) is 0 Å². The van der Waals surface area contributed by atoms with Gasteiger partial charge in [-0.2, -0.15) is 0 Å². The van der Waals surface area contributed by atoms with Crippen molar-refractivity contribution in [2.75, 3.05) is 33.9 Å². The van der Waals surface area contributed by atoms with Gasteiger partial charge in [0.25, 0.3) is 0 Å². The predicted molar refractivity (Wildman–Crippen MR) is 101 cm³/mol. The molecule has 0 atom stereocenters. The first kappa shape index (κ1) is 22.7. The van der Waals surface area contributed by atoms with Crippen LogP contribution < -0.4 is 4.74 Å². The summed E-state index contributed by atoms with van der Waals surface area (Å²) in [5.74, 6) is 0.526. The summed E-state index contributed by atoms with van der Waals surface area (Å²) in [4.78, 5) is 13.8. The number of rotatable bonds is 12. The van der Waals surface area contributed by atoms with Gasteiger partial charge < -0.3 is 14.4 Å². The van der Waals surface area contributed by atoms with E-state index in [1.165, 1.54) is 32.1 Å². The molecule has 0 bridgehead atoms. The van der Waals surface area contributed by atoms with E-state index in [4.69, 9.17) is 9.47 Å². The van der Waals surface area contributed by atoms with E-state index in [1.807, 2.05) is 31.1 Å². The standard InChI is InChI=1S/C19H31NO3.ClH/c1-4-5-6-7-8-9-15-22-18-12-10-17(11-13-18)19(21)23-16-14-20(2)3;/h10-13H,4-9,14-16H2,1-3H3;1H. The minimum atomic E-state index is -0.283. The Morgan fingerprint density at radius 3 is 2.21 bits per heavy atom. The molecule has 0 saturated heterocycles. The zero-order valence-corrected chi connectivity index (χ0v) is 16.1. The fraction of sp³-hybridized carbons (Fsp3) is 0.632. The molecule has 0 fully saturated rings. The van der Waals surface area contributed by atoms with Crippen LogP contribution in [0.3, 0.4) is 0 Å². The highest BCUT2D eigenvalue weighted by atomic mass is 35.5. The normalized spacial score (nSPS) is 10.3. The molecule has 0 N–H and O–H groups in total. The van der Waals surface area contributed by atoms with Gasteiger partial charge in [-0.1, -0.05) is 39.0 Å². The molecule has 0 aromatic heterocycles. The van der Waals surface area contributed by atoms with Crippen LogP contribution >= 0.6 is 12.4 Å². The zero-order chi connectivity index (χ0) is 16.9. The lowest BCUT2D eigenvalue weighted by Gasteiger charge is -2.10. The van der Waals surface area contributed by atoms with E-state index in [9.17, 15) is 4.79 Å². The first-order chi connectivity index (χ1) is 11.1. The van der Waals surface area contributed by atoms with E-state index in [1.54, 1.807) is 12.1 Å². The average molecular weight is 358 g/mol. The number of likely N-dealkylation sites (N-methyl/N-ethyl adjacent to an activating group) is 1. The van der Waals surface area contributed by atoms with E-state index in [-0.39, 0.29) is 18.4 Å². The van der Waals surface area contributed by atoms with Gasteiger partial charge in [0.1, 0.15) is 12.4 Å². The lowest BCUT2D eigenvalue weighted by molar-refractivity contribution is 0.0482. The van der Waals surface area contributed by atoms with Crippen LogP contribution in [-0.4, -0.2) is 44.7 Å². The Morgan fingerprint density at radius 1 is 0.958 bits per heavy atom. The molecule has 24 heavy (non-hydrogen) atoms. The van der Waals surface area contributed by atoms with Gasteiger partial charge in [-0.05, 0) is 44.8 Å². The number of unbranched alkanes of at least 4 members (excludes halogenated alkanes) is 5. The van der Waals surface area contributed by atoms with Crippen molar-refractivity contribution in [1.82, 2.24) is 4.90 Å². The molecule has 0 radical (unpaired) electrons. The number of hydrogen-bond acceptors (Lipinski definition) is 4. The smallest absolute Gasteiger partial charge is 0.338 e. The van der Waals surface area contributed by atoms with Crippen molar-refractivity contribution < 1.29 is 14.3 Å². The summed E-state index contributed by atoms with van der Waals surface area (Å²) in [6.45, 7) is 4.09. The van der Waals surface area contributed by atoms with Crippen LogP contribution in [0.1, 0.15) is 55.8 Å². The number of benzene rings is 1. The van der Waals surface area contributed by atoms with Gasteiger partial charge in [0, 0.05) is 6.54 Å². The second-order valence-corrected chi connectivity index (χ2v) is 6.08. The maximum absolute atomic E-state index is 11.8. The van der Waals surface area contributed by atoms with Crippen LogP contribution in [0.2, 0.25) is 0 Å². The molecule has 5 heteroatoms. The first-order valence-electron chi connectivity index (χ1n) is 8.68. The second-order valence-electron chi connectivity index (χ2n) is 6.08. The van der Waals surface area contributed by atoms with Gasteiger partial charge >= 0.3 is 5.97 Å². The molecule has 1 aromatic rings. The van der Waals surface area contributed by atoms with Gasteiger partial charge in [-0.25, -0.2) is 4.79 Å². The minimum absolute atomic E-state index is 0. The highest BCUT2D eigenvalue weighted by Crippen LogP contribution is 2.14. The van der Waals surface area contributed by atoms with Crippen LogP contribution in [-0.2, 0) is 4.74 Å². The Kier molecular flexibility index (Phi) is 13.4. The molecule has 4 nitrogen and oxygen atoms in total. The lowest BCUT2D eigenvalue weighted by Crippen LogP contribution is -2.20. The largest absolute Gasteiger partial charge is 0.494 e. The van der Waals surface area contributed by atoms with E-state index >= 15 is 0 Å². The number of carbonyl (C=O) groups is 1. The Labute approximate surface area is 152 Å². The summed E-state index contributed by atoms with van der Waals surface area (Å²) in [5.41, 5.74) is 0.565. The van der Waals surface area contributed by atoms with E-state index < -0.39 is 0 Å². The molecule has 1 aromatic carbocycles. The molecular formula is C19H32ClNO3. The molecule has 0 aliphatic rings. The molecule has 0 spiro atoms. The molecule has 1 rings (SSSR count). The number of esters is 1. The van der Waals surface area contributed by atoms with Crippen LogP contribution in [0.25, 0.3) is 0 Å². The maximum atomic E-state index is 11.8. The highest BCUT2D eigenvalue weighted by molar-refractivity contribution is 5.89. The third-order valence-electron chi connectivity index (χ3n) is 3.63. The molecule has 0 aliphatic carbocycles. The zero-order valence-electron chi connectivity index (χ0n) is 15.3. The van der Waals surface area contributed by atoms with Crippen molar-refractivity contribution in [1.29, 1.82) is 0 Å². The Hall–Kier alpha value is -1.26. The van der Waals surface area contributed by atoms with Crippen LogP contribution in [0.4, 0.5) is 0 Å². The molecule has 0 heterocycles. The summed E-state index contributed by atoms with van der Waals surface area (Å²) >= 11 is 0. The molecule has 0 saturated carbocycles. The molecular weight excluding hydrogens is 326 g/mol. The van der Waals surface area contributed by atoms with E-state index in [0.29, 0.717) is 12.2 Å². The summed E-state index contributed by atoms with van der Waals surface area (Å²) < 4.78 is 10.9. The maximum Gasteiger partial charge on any atom is 0.338 e. The highest BCUT2D eigenvalue weighted by Gasteiger charge is 2.07. The third-order valence-corrected chi connectivity index (χ3v) is 3.63. The monoisotopic (exact) mass is 357 g/mol. The van der Waals surface area contributed by atoms with Crippen molar-refractivity contribution in [2.24, 2.45) is 0 Å². The summed E-state index contributed by atoms with van der Waals surface area (Å²) in [5, 5.41) is 0. The SMILES string of the molecule is CCCCCCCCOc1ccc(C(=O)OCCN(C)C)cc1.Cl. The van der Waals surface area contributed by atoms with Crippen molar-refractivity contribution in [3.8, 4) is 5.75 Å². The van der Waals surface area contributed by atoms with Crippen molar-refractivity contribution in [3.05, 3.63) is 29.8 Å². The Bertz CT molecular complexity index is 435. The Balaban J connectivity index is 0.00000529. The summed E-state index contributed by atoms with van der Waals surface area (Å²) in [7, 11) is 3.90. The topological polar surface area (TPSA) is 38.8 Å². The second kappa shape index (κ2) is 14.1. The first-order valence-corrected chi connectivity index (χ1v) is 8.68. The van der Waals surface area contributed by atoms with Crippen LogP contribution in [0.5, 0.6) is 5.75 Å². The molecule has 138 valence electrons. The number of halogens is 1. The van der Waals surface area contributed by atoms with E-state index in [2.05, 4.69) is 6.92 Å². The van der Waals surface area contributed by atoms with Crippen molar-refractivity contribution in [3.63, 3.8) is 0 Å². The molecule has 0 unspecified atom stereocenters.